The lowest BCUT2D eigenvalue weighted by Gasteiger charge is -2.62. The van der Waals surface area contributed by atoms with Crippen molar-refractivity contribution in [3.05, 3.63) is 48.0 Å². The Labute approximate surface area is 222 Å². The lowest BCUT2D eigenvalue weighted by atomic mass is 9.40. The molecule has 6 aliphatic carbocycles. The molecule has 2 spiro atoms. The number of alkyl halides is 1. The van der Waals surface area contributed by atoms with Gasteiger partial charge in [-0.15, -0.1) is 0 Å². The number of ketones is 1. The lowest BCUT2D eigenvalue weighted by Crippen LogP contribution is -2.64. The molecule has 1 heterocycles. The lowest BCUT2D eigenvalue weighted by molar-refractivity contribution is -0.165. The Morgan fingerprint density at radius 2 is 2.03 bits per heavy atom. The number of Topliss-reactive ketones (excluding diaryl/α,β-unsaturated/α-hetero) is 1. The number of nitrogens with zero attached hydrogens (tertiary/aromatic N) is 1. The maximum atomic E-state index is 14.1. The largest absolute Gasteiger partial charge is 0.445 e. The van der Waals surface area contributed by atoms with Crippen molar-refractivity contribution in [2.24, 2.45) is 39.9 Å². The molecule has 7 fully saturated rings. The second-order valence-electron chi connectivity index (χ2n) is 12.7. The van der Waals surface area contributed by atoms with Gasteiger partial charge in [-0.25, -0.2) is 4.79 Å². The van der Waals surface area contributed by atoms with E-state index in [0.29, 0.717) is 30.1 Å². The fourth-order valence-electron chi connectivity index (χ4n) is 10.7. The molecule has 1 amide bonds. The van der Waals surface area contributed by atoms with Crippen molar-refractivity contribution in [3.63, 3.8) is 0 Å². The topological polar surface area (TPSA) is 55.8 Å². The van der Waals surface area contributed by atoms with Crippen molar-refractivity contribution in [2.75, 3.05) is 18.5 Å². The number of fused-ring (bicyclic) bond motifs is 1. The number of hydrogen-bond donors (Lipinski definition) is 0. The summed E-state index contributed by atoms with van der Waals surface area (Å²) >= 11 is 3.58. The van der Waals surface area contributed by atoms with Crippen molar-refractivity contribution >= 4 is 27.8 Å². The number of ether oxygens (including phenoxy) is 2. The van der Waals surface area contributed by atoms with E-state index in [1.54, 1.807) is 0 Å². The van der Waals surface area contributed by atoms with Crippen LogP contribution in [0.15, 0.2) is 42.5 Å². The Morgan fingerprint density at radius 3 is 2.81 bits per heavy atom. The highest BCUT2D eigenvalue weighted by molar-refractivity contribution is 9.09. The fraction of sp³-hybridized carbons (Fsp3) is 0.667. The van der Waals surface area contributed by atoms with Gasteiger partial charge in [-0.3, -0.25) is 4.79 Å². The van der Waals surface area contributed by atoms with Crippen LogP contribution in [0.1, 0.15) is 51.0 Å². The summed E-state index contributed by atoms with van der Waals surface area (Å²) in [6.07, 6.45) is 6.09. The molecule has 8 rings (SSSR count). The van der Waals surface area contributed by atoms with Gasteiger partial charge in [0, 0.05) is 28.7 Å². The molecule has 0 radical (unpaired) electrons. The van der Waals surface area contributed by atoms with Crippen LogP contribution in [0.4, 0.5) is 4.79 Å². The van der Waals surface area contributed by atoms with E-state index >= 15 is 0 Å². The zero-order valence-corrected chi connectivity index (χ0v) is 22.7. The summed E-state index contributed by atoms with van der Waals surface area (Å²) in [5.74, 6) is 1.55. The maximum Gasteiger partial charge on any atom is 0.410 e. The quantitative estimate of drug-likeness (QED) is 0.343. The van der Waals surface area contributed by atoms with Gasteiger partial charge in [-0.1, -0.05) is 66.2 Å². The summed E-state index contributed by atoms with van der Waals surface area (Å²) < 4.78 is 12.7. The first-order valence-electron chi connectivity index (χ1n) is 13.8. The molecule has 1 aromatic rings. The van der Waals surface area contributed by atoms with Crippen molar-refractivity contribution in [3.8, 4) is 0 Å². The molecule has 5 nitrogen and oxygen atoms in total. The number of benzene rings is 1. The van der Waals surface area contributed by atoms with Gasteiger partial charge in [0.25, 0.3) is 0 Å². The molecule has 0 N–H and O–H groups in total. The number of likely N-dealkylation sites (tertiary alicyclic amines) is 1. The summed E-state index contributed by atoms with van der Waals surface area (Å²) in [5, 5.41) is 0.803. The molecule has 1 saturated heterocycles. The van der Waals surface area contributed by atoms with Crippen LogP contribution in [0, 0.1) is 39.9 Å². The molecule has 1 aromatic carbocycles. The van der Waals surface area contributed by atoms with Gasteiger partial charge >= 0.3 is 6.09 Å². The molecular formula is C30H36BrNO4. The first kappa shape index (κ1) is 23.5. The van der Waals surface area contributed by atoms with E-state index in [1.807, 2.05) is 35.2 Å². The molecule has 9 atom stereocenters. The maximum absolute atomic E-state index is 14.1. The summed E-state index contributed by atoms with van der Waals surface area (Å²) in [7, 11) is 0. The minimum atomic E-state index is -0.426. The SMILES string of the molecule is C=C1C(=O)[C@]23C[C@H]4[C@@H]5[C@@](C)(CCC[C@]56C(OCCBr)C2C[C@H]1C[C@@H]63)CN4C(=O)OCc1ccccc1. The average molecular weight is 555 g/mol. The zero-order chi connectivity index (χ0) is 24.9. The average Bonchev–Trinajstić information content (AvgIpc) is 3.18. The molecule has 2 unspecified atom stereocenters. The van der Waals surface area contributed by atoms with Crippen LogP contribution in [-0.2, 0) is 20.9 Å². The summed E-state index contributed by atoms with van der Waals surface area (Å²) in [5.41, 5.74) is 1.40. The molecule has 0 aromatic heterocycles. The Bertz CT molecular complexity index is 1120. The van der Waals surface area contributed by atoms with Crippen molar-refractivity contribution < 1.29 is 19.1 Å². The first-order valence-corrected chi connectivity index (χ1v) is 14.9. The van der Waals surface area contributed by atoms with E-state index in [-0.39, 0.29) is 41.6 Å². The molecular weight excluding hydrogens is 518 g/mol. The minimum Gasteiger partial charge on any atom is -0.445 e. The van der Waals surface area contributed by atoms with Crippen LogP contribution in [0.5, 0.6) is 0 Å². The third-order valence-corrected chi connectivity index (χ3v) is 11.8. The Balaban J connectivity index is 1.30. The van der Waals surface area contributed by atoms with Gasteiger partial charge in [0.1, 0.15) is 6.61 Å². The Kier molecular flexibility index (Phi) is 5.16. The van der Waals surface area contributed by atoms with Gasteiger partial charge in [0.05, 0.1) is 12.7 Å². The van der Waals surface area contributed by atoms with Crippen LogP contribution in [-0.4, -0.2) is 47.4 Å². The first-order chi connectivity index (χ1) is 17.4. The van der Waals surface area contributed by atoms with Gasteiger partial charge in [0.15, 0.2) is 5.78 Å². The molecule has 7 aliphatic rings. The molecule has 192 valence electrons. The zero-order valence-electron chi connectivity index (χ0n) is 21.1. The smallest absolute Gasteiger partial charge is 0.410 e. The molecule has 6 saturated carbocycles. The van der Waals surface area contributed by atoms with Crippen LogP contribution in [0.3, 0.4) is 0 Å². The van der Waals surface area contributed by atoms with Crippen LogP contribution in [0.2, 0.25) is 0 Å². The predicted molar refractivity (Wildman–Crippen MR) is 139 cm³/mol. The van der Waals surface area contributed by atoms with Crippen LogP contribution in [0.25, 0.3) is 0 Å². The Hall–Kier alpha value is -1.66. The summed E-state index contributed by atoms with van der Waals surface area (Å²) in [6.45, 7) is 8.36. The second-order valence-corrected chi connectivity index (χ2v) is 13.5. The molecule has 6 heteroatoms. The highest BCUT2D eigenvalue weighted by Gasteiger charge is 2.83. The monoisotopic (exact) mass is 553 g/mol. The molecule has 36 heavy (non-hydrogen) atoms. The van der Waals surface area contributed by atoms with Crippen molar-refractivity contribution in [1.82, 2.24) is 4.90 Å². The summed E-state index contributed by atoms with van der Waals surface area (Å²) in [6, 6.07) is 9.92. The highest BCUT2D eigenvalue weighted by Crippen LogP contribution is 2.81. The number of carbonyl (C=O) groups is 2. The standard InChI is InChI=1S/C30H36BrNO4/c1-18-20-13-21-26(35-12-11-31)29-10-6-9-28(2)17-32(27(34)36-16-19-7-4-3-5-8-19)22(24(28)29)15-30(21,25(18)33)23(29)14-20/h3-5,7-8,20-24,26H,1,6,9-17H2,2H3/t20-,21?,22-,23-,24+,26?,28-,29+,30+/m0/s1. The minimum absolute atomic E-state index is 0.0290. The van der Waals surface area contributed by atoms with Crippen molar-refractivity contribution in [2.45, 2.75) is 64.2 Å². The number of rotatable bonds is 5. The third kappa shape index (κ3) is 2.76. The van der Waals surface area contributed by atoms with E-state index in [9.17, 15) is 9.59 Å². The summed E-state index contributed by atoms with van der Waals surface area (Å²) in [4.78, 5) is 29.8. The Morgan fingerprint density at radius 1 is 1.22 bits per heavy atom. The van der Waals surface area contributed by atoms with Gasteiger partial charge < -0.3 is 14.4 Å². The number of allylic oxidation sites excluding steroid dienone is 1. The number of amides is 1. The number of halogens is 1. The third-order valence-electron chi connectivity index (χ3n) is 11.5. The van der Waals surface area contributed by atoms with E-state index in [1.165, 1.54) is 0 Å². The van der Waals surface area contributed by atoms with E-state index in [2.05, 4.69) is 29.4 Å². The normalized spacial score (nSPS) is 45.7. The van der Waals surface area contributed by atoms with Gasteiger partial charge in [0.2, 0.25) is 0 Å². The number of carbonyl (C=O) groups excluding carboxylic acids is 2. The van der Waals surface area contributed by atoms with Gasteiger partial charge in [-0.2, -0.15) is 0 Å². The molecule has 5 bridgehead atoms. The fourth-order valence-corrected chi connectivity index (χ4v) is 10.9. The van der Waals surface area contributed by atoms with Crippen LogP contribution < -0.4 is 0 Å². The van der Waals surface area contributed by atoms with Crippen LogP contribution >= 0.6 is 15.9 Å². The molecule has 1 aliphatic heterocycles. The highest BCUT2D eigenvalue weighted by atomic mass is 79.9. The van der Waals surface area contributed by atoms with Crippen molar-refractivity contribution in [1.29, 1.82) is 0 Å². The number of hydrogen-bond acceptors (Lipinski definition) is 4. The van der Waals surface area contributed by atoms with E-state index in [0.717, 1.165) is 61.5 Å². The predicted octanol–water partition coefficient (Wildman–Crippen LogP) is 5.77. The second kappa shape index (κ2) is 7.92. The van der Waals surface area contributed by atoms with E-state index in [4.69, 9.17) is 9.47 Å². The van der Waals surface area contributed by atoms with E-state index < -0.39 is 5.41 Å². The van der Waals surface area contributed by atoms with Gasteiger partial charge in [-0.05, 0) is 72.3 Å².